The van der Waals surface area contributed by atoms with Gasteiger partial charge in [0.2, 0.25) is 0 Å². The van der Waals surface area contributed by atoms with Crippen molar-refractivity contribution < 1.29 is 9.13 Å². The summed E-state index contributed by atoms with van der Waals surface area (Å²) in [5.74, 6) is 0.155. The molecule has 4 heteroatoms. The highest BCUT2D eigenvalue weighted by atomic mass is 19.1. The Morgan fingerprint density at radius 3 is 2.75 bits per heavy atom. The van der Waals surface area contributed by atoms with Crippen molar-refractivity contribution in [3.8, 4) is 11.8 Å². The summed E-state index contributed by atoms with van der Waals surface area (Å²) in [5.41, 5.74) is 2.72. The Morgan fingerprint density at radius 2 is 2.10 bits per heavy atom. The summed E-state index contributed by atoms with van der Waals surface area (Å²) in [6.07, 6.45) is 0. The van der Waals surface area contributed by atoms with Crippen LogP contribution in [0.25, 0.3) is 0 Å². The fraction of sp³-hybridized carbons (Fsp3) is 0.188. The number of halogens is 1. The largest absolute Gasteiger partial charge is 0.497 e. The molecule has 2 aromatic carbocycles. The standard InChI is InChI=1S/C16H15FN2O/c1-11-4-3-5-16(14(11)9-18)19-10-12-6-7-13(20-2)8-15(12)17/h3-8,19H,10H2,1-2H3. The minimum Gasteiger partial charge on any atom is -0.497 e. The molecule has 0 unspecified atom stereocenters. The Bertz CT molecular complexity index is 662. The molecule has 0 aliphatic carbocycles. The summed E-state index contributed by atoms with van der Waals surface area (Å²) in [5, 5.41) is 12.2. The first kappa shape index (κ1) is 13.9. The quantitative estimate of drug-likeness (QED) is 0.922. The van der Waals surface area contributed by atoms with Crippen molar-refractivity contribution in [1.82, 2.24) is 0 Å². The average molecular weight is 270 g/mol. The van der Waals surface area contributed by atoms with Crippen LogP contribution in [0.4, 0.5) is 10.1 Å². The Morgan fingerprint density at radius 1 is 1.30 bits per heavy atom. The van der Waals surface area contributed by atoms with Crippen molar-refractivity contribution >= 4 is 5.69 Å². The molecule has 0 aromatic heterocycles. The fourth-order valence-electron chi connectivity index (χ4n) is 1.95. The molecule has 0 atom stereocenters. The average Bonchev–Trinajstić information content (AvgIpc) is 2.46. The molecule has 0 heterocycles. The third-order valence-corrected chi connectivity index (χ3v) is 3.11. The molecule has 2 rings (SSSR count). The van der Waals surface area contributed by atoms with Gasteiger partial charge in [-0.25, -0.2) is 4.39 Å². The Kier molecular flexibility index (Phi) is 4.21. The predicted octanol–water partition coefficient (Wildman–Crippen LogP) is 3.63. The van der Waals surface area contributed by atoms with Crippen LogP contribution in [0.2, 0.25) is 0 Å². The van der Waals surface area contributed by atoms with E-state index >= 15 is 0 Å². The summed E-state index contributed by atoms with van der Waals surface area (Å²) >= 11 is 0. The highest BCUT2D eigenvalue weighted by Crippen LogP contribution is 2.21. The minimum atomic E-state index is -0.331. The maximum absolute atomic E-state index is 13.8. The van der Waals surface area contributed by atoms with Gasteiger partial charge in [-0.15, -0.1) is 0 Å². The second-order valence-electron chi connectivity index (χ2n) is 4.42. The topological polar surface area (TPSA) is 45.0 Å². The van der Waals surface area contributed by atoms with Crippen LogP contribution in [0.1, 0.15) is 16.7 Å². The molecule has 3 nitrogen and oxygen atoms in total. The van der Waals surface area contributed by atoms with Crippen LogP contribution >= 0.6 is 0 Å². The molecule has 1 N–H and O–H groups in total. The van der Waals surface area contributed by atoms with Gasteiger partial charge in [0.25, 0.3) is 0 Å². The number of nitrogens with one attached hydrogen (secondary N) is 1. The summed E-state index contributed by atoms with van der Waals surface area (Å²) in [6.45, 7) is 2.19. The van der Waals surface area contributed by atoms with E-state index in [4.69, 9.17) is 10.00 Å². The summed E-state index contributed by atoms with van der Waals surface area (Å²) < 4.78 is 18.8. The van der Waals surface area contributed by atoms with E-state index in [-0.39, 0.29) is 5.82 Å². The normalized spacial score (nSPS) is 9.90. The molecule has 0 fully saturated rings. The molecule has 102 valence electrons. The van der Waals surface area contributed by atoms with Gasteiger partial charge in [0.15, 0.2) is 0 Å². The van der Waals surface area contributed by atoms with Crippen LogP contribution in [-0.4, -0.2) is 7.11 Å². The third-order valence-electron chi connectivity index (χ3n) is 3.11. The van der Waals surface area contributed by atoms with E-state index in [9.17, 15) is 4.39 Å². The molecule has 0 amide bonds. The molecule has 0 spiro atoms. The van der Waals surface area contributed by atoms with Crippen LogP contribution in [0.3, 0.4) is 0 Å². The smallest absolute Gasteiger partial charge is 0.131 e. The van der Waals surface area contributed by atoms with Gasteiger partial charge in [-0.1, -0.05) is 18.2 Å². The van der Waals surface area contributed by atoms with Crippen molar-refractivity contribution in [2.45, 2.75) is 13.5 Å². The molecule has 0 bridgehead atoms. The van der Waals surface area contributed by atoms with Gasteiger partial charge in [0.05, 0.1) is 18.4 Å². The van der Waals surface area contributed by atoms with Gasteiger partial charge in [-0.3, -0.25) is 0 Å². The second kappa shape index (κ2) is 6.07. The van der Waals surface area contributed by atoms with Gasteiger partial charge in [0, 0.05) is 18.2 Å². The van der Waals surface area contributed by atoms with E-state index in [1.165, 1.54) is 13.2 Å². The second-order valence-corrected chi connectivity index (χ2v) is 4.42. The molecular formula is C16H15FN2O. The molecule has 0 radical (unpaired) electrons. The zero-order valence-electron chi connectivity index (χ0n) is 11.4. The monoisotopic (exact) mass is 270 g/mol. The van der Waals surface area contributed by atoms with Crippen molar-refractivity contribution in [2.24, 2.45) is 0 Å². The van der Waals surface area contributed by atoms with E-state index in [0.29, 0.717) is 29.1 Å². The number of nitrogens with zero attached hydrogens (tertiary/aromatic N) is 1. The van der Waals surface area contributed by atoms with E-state index in [1.54, 1.807) is 12.1 Å². The number of ether oxygens (including phenoxy) is 1. The van der Waals surface area contributed by atoms with E-state index in [0.717, 1.165) is 5.56 Å². The Balaban J connectivity index is 2.18. The number of anilines is 1. The van der Waals surface area contributed by atoms with Crippen LogP contribution < -0.4 is 10.1 Å². The maximum atomic E-state index is 13.8. The lowest BCUT2D eigenvalue weighted by molar-refractivity contribution is 0.411. The molecule has 20 heavy (non-hydrogen) atoms. The zero-order valence-corrected chi connectivity index (χ0v) is 11.4. The number of rotatable bonds is 4. The van der Waals surface area contributed by atoms with E-state index in [2.05, 4.69) is 11.4 Å². The first-order valence-corrected chi connectivity index (χ1v) is 6.21. The fourth-order valence-corrected chi connectivity index (χ4v) is 1.95. The maximum Gasteiger partial charge on any atom is 0.131 e. The number of hydrogen-bond acceptors (Lipinski definition) is 3. The summed E-state index contributed by atoms with van der Waals surface area (Å²) in [4.78, 5) is 0. The first-order valence-electron chi connectivity index (χ1n) is 6.21. The predicted molar refractivity (Wildman–Crippen MR) is 76.2 cm³/mol. The van der Waals surface area contributed by atoms with E-state index < -0.39 is 0 Å². The van der Waals surface area contributed by atoms with Crippen molar-refractivity contribution in [3.63, 3.8) is 0 Å². The summed E-state index contributed by atoms with van der Waals surface area (Å²) in [6, 6.07) is 12.4. The number of hydrogen-bond donors (Lipinski definition) is 1. The van der Waals surface area contributed by atoms with Crippen LogP contribution in [0, 0.1) is 24.1 Å². The molecular weight excluding hydrogens is 255 g/mol. The molecule has 2 aromatic rings. The first-order chi connectivity index (χ1) is 9.65. The van der Waals surface area contributed by atoms with Gasteiger partial charge in [0.1, 0.15) is 17.6 Å². The van der Waals surface area contributed by atoms with Gasteiger partial charge in [-0.2, -0.15) is 5.26 Å². The lowest BCUT2D eigenvalue weighted by atomic mass is 10.1. The molecule has 0 saturated carbocycles. The highest BCUT2D eigenvalue weighted by molar-refractivity contribution is 5.60. The molecule has 0 aliphatic rings. The molecule has 0 saturated heterocycles. The van der Waals surface area contributed by atoms with Gasteiger partial charge >= 0.3 is 0 Å². The van der Waals surface area contributed by atoms with Crippen LogP contribution in [0.15, 0.2) is 36.4 Å². The summed E-state index contributed by atoms with van der Waals surface area (Å²) in [7, 11) is 1.50. The Labute approximate surface area is 117 Å². The van der Waals surface area contributed by atoms with Crippen LogP contribution in [-0.2, 0) is 6.54 Å². The highest BCUT2D eigenvalue weighted by Gasteiger charge is 2.07. The zero-order chi connectivity index (χ0) is 14.5. The van der Waals surface area contributed by atoms with Gasteiger partial charge < -0.3 is 10.1 Å². The number of benzene rings is 2. The molecule has 0 aliphatic heterocycles. The van der Waals surface area contributed by atoms with Crippen molar-refractivity contribution in [2.75, 3.05) is 12.4 Å². The number of nitriles is 1. The van der Waals surface area contributed by atoms with Gasteiger partial charge in [-0.05, 0) is 24.6 Å². The Hall–Kier alpha value is -2.54. The SMILES string of the molecule is COc1ccc(CNc2cccc(C)c2C#N)c(F)c1. The minimum absolute atomic E-state index is 0.313. The lowest BCUT2D eigenvalue weighted by Crippen LogP contribution is -2.04. The van der Waals surface area contributed by atoms with Crippen molar-refractivity contribution in [1.29, 1.82) is 5.26 Å². The van der Waals surface area contributed by atoms with Crippen LogP contribution in [0.5, 0.6) is 5.75 Å². The number of aryl methyl sites for hydroxylation is 1. The number of methoxy groups -OCH3 is 1. The lowest BCUT2D eigenvalue weighted by Gasteiger charge is -2.11. The third kappa shape index (κ3) is 2.89. The van der Waals surface area contributed by atoms with Crippen molar-refractivity contribution in [3.05, 3.63) is 58.9 Å². The van der Waals surface area contributed by atoms with E-state index in [1.807, 2.05) is 25.1 Å².